The van der Waals surface area contributed by atoms with Crippen LogP contribution in [-0.2, 0) is 11.3 Å². The summed E-state index contributed by atoms with van der Waals surface area (Å²) >= 11 is 3.10. The van der Waals surface area contributed by atoms with E-state index in [0.29, 0.717) is 20.9 Å². The Kier molecular flexibility index (Phi) is 4.50. The third-order valence-corrected chi connectivity index (χ3v) is 4.27. The number of halogens is 1. The molecule has 0 bridgehead atoms. The molecule has 25 heavy (non-hydrogen) atoms. The van der Waals surface area contributed by atoms with Gasteiger partial charge < -0.3 is 9.72 Å². The molecule has 0 amide bonds. The molecule has 0 fully saturated rings. The summed E-state index contributed by atoms with van der Waals surface area (Å²) in [4.78, 5) is 25.6. The average molecular weight is 400 g/mol. The Morgan fingerprint density at radius 2 is 2.08 bits per heavy atom. The molecule has 0 saturated carbocycles. The monoisotopic (exact) mass is 399 g/mol. The molecule has 2 aromatic carbocycles. The fourth-order valence-corrected chi connectivity index (χ4v) is 2.81. The Bertz CT molecular complexity index is 1040. The van der Waals surface area contributed by atoms with E-state index in [-0.39, 0.29) is 23.6 Å². The normalized spacial score (nSPS) is 10.4. The number of nitriles is 1. The number of aromatic amines is 1. The number of benzene rings is 2. The number of nitrogens with zero attached hydrogens (tertiary/aromatic N) is 2. The minimum absolute atomic E-state index is 0.0651. The fourth-order valence-electron chi connectivity index (χ4n) is 2.42. The second-order valence-corrected chi connectivity index (χ2v) is 6.01. The maximum absolute atomic E-state index is 12.3. The summed E-state index contributed by atoms with van der Waals surface area (Å²) in [6.45, 7) is -0.146. The third kappa shape index (κ3) is 3.22. The zero-order valence-corrected chi connectivity index (χ0v) is 14.2. The van der Waals surface area contributed by atoms with Gasteiger partial charge >= 0.3 is 5.97 Å². The van der Waals surface area contributed by atoms with Crippen LogP contribution >= 0.6 is 15.9 Å². The molecule has 1 heterocycles. The van der Waals surface area contributed by atoms with Crippen molar-refractivity contribution >= 4 is 38.5 Å². The smallest absolute Gasteiger partial charge is 0.356 e. The van der Waals surface area contributed by atoms with Crippen LogP contribution in [-0.4, -0.2) is 15.9 Å². The maximum atomic E-state index is 12.3. The van der Waals surface area contributed by atoms with E-state index in [1.54, 1.807) is 30.3 Å². The van der Waals surface area contributed by atoms with Crippen LogP contribution in [0, 0.1) is 21.4 Å². The molecular weight excluding hydrogens is 390 g/mol. The molecule has 0 spiro atoms. The maximum Gasteiger partial charge on any atom is 0.356 e. The van der Waals surface area contributed by atoms with Crippen molar-refractivity contribution in [2.45, 2.75) is 6.61 Å². The molecule has 7 nitrogen and oxygen atoms in total. The average Bonchev–Trinajstić information content (AvgIpc) is 2.99. The summed E-state index contributed by atoms with van der Waals surface area (Å²) in [7, 11) is 0. The number of para-hydroxylation sites is 1. The van der Waals surface area contributed by atoms with Gasteiger partial charge in [0, 0.05) is 17.0 Å². The fraction of sp³-hybridized carbons (Fsp3) is 0.0588. The first-order chi connectivity index (χ1) is 12.0. The largest absolute Gasteiger partial charge is 0.456 e. The predicted octanol–water partition coefficient (Wildman–Crippen LogP) is 4.07. The third-order valence-electron chi connectivity index (χ3n) is 3.60. The zero-order valence-electron chi connectivity index (χ0n) is 12.7. The molecule has 1 aromatic heterocycles. The number of nitro benzene ring substituents is 1. The van der Waals surface area contributed by atoms with Gasteiger partial charge in [0.25, 0.3) is 5.69 Å². The summed E-state index contributed by atoms with van der Waals surface area (Å²) in [5, 5.41) is 20.9. The van der Waals surface area contributed by atoms with Crippen molar-refractivity contribution in [1.82, 2.24) is 4.98 Å². The molecule has 8 heteroatoms. The van der Waals surface area contributed by atoms with Crippen molar-refractivity contribution < 1.29 is 14.5 Å². The molecule has 0 atom stereocenters. The van der Waals surface area contributed by atoms with Gasteiger partial charge in [-0.05, 0) is 33.6 Å². The quantitative estimate of drug-likeness (QED) is 0.404. The van der Waals surface area contributed by atoms with Crippen LogP contribution in [0.2, 0.25) is 0 Å². The van der Waals surface area contributed by atoms with E-state index in [1.807, 2.05) is 6.07 Å². The Labute approximate surface area is 150 Å². The van der Waals surface area contributed by atoms with Gasteiger partial charge in [-0.25, -0.2) is 4.79 Å². The number of nitro groups is 1. The van der Waals surface area contributed by atoms with Crippen molar-refractivity contribution in [2.75, 3.05) is 0 Å². The van der Waals surface area contributed by atoms with Crippen LogP contribution in [0.15, 0.2) is 46.9 Å². The van der Waals surface area contributed by atoms with E-state index in [1.165, 1.54) is 12.1 Å². The number of hydrogen-bond acceptors (Lipinski definition) is 5. The standard InChI is InChI=1S/C17H10BrN3O4/c18-13-6-5-10(7-15(13)21(23)24)9-25-17(22)16-12(8-19)11-3-1-2-4-14(11)20-16/h1-7,20H,9H2. The molecule has 0 aliphatic heterocycles. The second kappa shape index (κ2) is 6.75. The first-order valence-corrected chi connectivity index (χ1v) is 7.91. The van der Waals surface area contributed by atoms with Gasteiger partial charge in [0.2, 0.25) is 0 Å². The van der Waals surface area contributed by atoms with E-state index >= 15 is 0 Å². The van der Waals surface area contributed by atoms with Crippen LogP contribution in [0.5, 0.6) is 0 Å². The number of hydrogen-bond donors (Lipinski definition) is 1. The van der Waals surface area contributed by atoms with Gasteiger partial charge in [0.15, 0.2) is 0 Å². The molecule has 124 valence electrons. The predicted molar refractivity (Wildman–Crippen MR) is 92.9 cm³/mol. The summed E-state index contributed by atoms with van der Waals surface area (Å²) in [6, 6.07) is 13.5. The highest BCUT2D eigenvalue weighted by Crippen LogP contribution is 2.26. The Morgan fingerprint density at radius 3 is 2.80 bits per heavy atom. The van der Waals surface area contributed by atoms with E-state index in [4.69, 9.17) is 4.74 Å². The van der Waals surface area contributed by atoms with Gasteiger partial charge in [0.05, 0.1) is 15.0 Å². The number of esters is 1. The molecular formula is C17H10BrN3O4. The Hall–Kier alpha value is -3.18. The molecule has 0 radical (unpaired) electrons. The highest BCUT2D eigenvalue weighted by atomic mass is 79.9. The lowest BCUT2D eigenvalue weighted by molar-refractivity contribution is -0.385. The molecule has 0 unspecified atom stereocenters. The molecule has 3 rings (SSSR count). The van der Waals surface area contributed by atoms with Crippen molar-refractivity contribution in [3.05, 3.63) is 73.9 Å². The van der Waals surface area contributed by atoms with E-state index < -0.39 is 10.9 Å². The topological polar surface area (TPSA) is 109 Å². The van der Waals surface area contributed by atoms with Crippen LogP contribution in [0.1, 0.15) is 21.6 Å². The van der Waals surface area contributed by atoms with E-state index in [2.05, 4.69) is 20.9 Å². The summed E-state index contributed by atoms with van der Waals surface area (Å²) < 4.78 is 5.54. The molecule has 0 aliphatic rings. The summed E-state index contributed by atoms with van der Waals surface area (Å²) in [5.41, 5.74) is 1.29. The first kappa shape index (κ1) is 16.7. The molecule has 0 saturated heterocycles. The minimum atomic E-state index is -0.696. The number of H-pyrrole nitrogens is 1. The second-order valence-electron chi connectivity index (χ2n) is 5.15. The number of carbonyl (C=O) groups is 1. The number of carbonyl (C=O) groups excluding carboxylic acids is 1. The van der Waals surface area contributed by atoms with Crippen molar-refractivity contribution in [3.63, 3.8) is 0 Å². The minimum Gasteiger partial charge on any atom is -0.456 e. The highest BCUT2D eigenvalue weighted by Gasteiger charge is 2.19. The van der Waals surface area contributed by atoms with Crippen LogP contribution < -0.4 is 0 Å². The molecule has 0 aliphatic carbocycles. The van der Waals surface area contributed by atoms with Crippen molar-refractivity contribution in [1.29, 1.82) is 5.26 Å². The summed E-state index contributed by atoms with van der Waals surface area (Å²) in [6.07, 6.45) is 0. The number of nitrogens with one attached hydrogen (secondary N) is 1. The van der Waals surface area contributed by atoms with Gasteiger partial charge in [-0.2, -0.15) is 5.26 Å². The SMILES string of the molecule is N#Cc1c(C(=O)OCc2ccc(Br)c([N+](=O)[O-])c2)[nH]c2ccccc12. The first-order valence-electron chi connectivity index (χ1n) is 7.12. The molecule has 1 N–H and O–H groups in total. The van der Waals surface area contributed by atoms with E-state index in [0.717, 1.165) is 0 Å². The van der Waals surface area contributed by atoms with Crippen LogP contribution in [0.4, 0.5) is 5.69 Å². The number of aromatic nitrogens is 1. The van der Waals surface area contributed by atoms with E-state index in [9.17, 15) is 20.2 Å². The van der Waals surface area contributed by atoms with Gasteiger partial charge in [-0.3, -0.25) is 10.1 Å². The zero-order chi connectivity index (χ0) is 18.0. The van der Waals surface area contributed by atoms with Crippen molar-refractivity contribution in [3.8, 4) is 6.07 Å². The summed E-state index contributed by atoms with van der Waals surface area (Å²) in [5.74, 6) is -0.696. The van der Waals surface area contributed by atoms with Gasteiger partial charge in [-0.1, -0.05) is 24.3 Å². The van der Waals surface area contributed by atoms with Crippen molar-refractivity contribution in [2.24, 2.45) is 0 Å². The van der Waals surface area contributed by atoms with Crippen LogP contribution in [0.3, 0.4) is 0 Å². The Morgan fingerprint density at radius 1 is 1.32 bits per heavy atom. The number of ether oxygens (including phenoxy) is 1. The Balaban J connectivity index is 1.83. The van der Waals surface area contributed by atoms with Gasteiger partial charge in [-0.15, -0.1) is 0 Å². The lowest BCUT2D eigenvalue weighted by atomic mass is 10.1. The number of fused-ring (bicyclic) bond motifs is 1. The van der Waals surface area contributed by atoms with Crippen LogP contribution in [0.25, 0.3) is 10.9 Å². The lowest BCUT2D eigenvalue weighted by Crippen LogP contribution is -2.07. The van der Waals surface area contributed by atoms with Gasteiger partial charge in [0.1, 0.15) is 18.4 Å². The lowest BCUT2D eigenvalue weighted by Gasteiger charge is -2.05. The number of rotatable bonds is 4. The molecule has 3 aromatic rings. The highest BCUT2D eigenvalue weighted by molar-refractivity contribution is 9.10.